The highest BCUT2D eigenvalue weighted by molar-refractivity contribution is 6.03. The van der Waals surface area contributed by atoms with Crippen molar-refractivity contribution in [3.63, 3.8) is 0 Å². The molecule has 0 aliphatic heterocycles. The third kappa shape index (κ3) is 2.25. The molecule has 1 aromatic carbocycles. The van der Waals surface area contributed by atoms with E-state index in [1.807, 2.05) is 26.0 Å². The van der Waals surface area contributed by atoms with E-state index in [1.54, 1.807) is 30.6 Å². The maximum Gasteiger partial charge on any atom is 0.0747 e. The van der Waals surface area contributed by atoms with Gasteiger partial charge < -0.3 is 9.90 Å². The smallest absolute Gasteiger partial charge is 0.0747 e. The molecule has 104 valence electrons. The standard InChI is InChI=1S/C17H14N2O2/c1-10-5-6-13-14(17(20)21)8-15(19-16(13)11(10)2)12-4-3-7-18-9-12/h3-9H,1-2H3,(H,20,21)/p-1. The molecule has 0 amide bonds. The van der Waals surface area contributed by atoms with Crippen molar-refractivity contribution >= 4 is 16.9 Å². The second-order valence-electron chi connectivity index (χ2n) is 4.99. The molecule has 0 fully saturated rings. The zero-order chi connectivity index (χ0) is 15.0. The Morgan fingerprint density at radius 1 is 1.19 bits per heavy atom. The maximum atomic E-state index is 11.4. The van der Waals surface area contributed by atoms with Crippen LogP contribution in [0.3, 0.4) is 0 Å². The average molecular weight is 277 g/mol. The Balaban J connectivity index is 2.39. The molecule has 2 heterocycles. The molecular formula is C17H13N2O2-. The molecule has 2 aromatic heterocycles. The summed E-state index contributed by atoms with van der Waals surface area (Å²) in [6.45, 7) is 3.92. The van der Waals surface area contributed by atoms with Crippen LogP contribution >= 0.6 is 0 Å². The van der Waals surface area contributed by atoms with E-state index in [0.29, 0.717) is 16.6 Å². The third-order valence-electron chi connectivity index (χ3n) is 3.68. The van der Waals surface area contributed by atoms with Crippen molar-refractivity contribution in [2.24, 2.45) is 0 Å². The van der Waals surface area contributed by atoms with Crippen molar-refractivity contribution < 1.29 is 9.90 Å². The van der Waals surface area contributed by atoms with Gasteiger partial charge in [0.1, 0.15) is 0 Å². The zero-order valence-corrected chi connectivity index (χ0v) is 11.8. The predicted octanol–water partition coefficient (Wildman–Crippen LogP) is 2.28. The summed E-state index contributed by atoms with van der Waals surface area (Å²) in [5.74, 6) is -1.20. The van der Waals surface area contributed by atoms with Gasteiger partial charge in [-0.25, -0.2) is 4.98 Å². The first-order chi connectivity index (χ1) is 10.1. The summed E-state index contributed by atoms with van der Waals surface area (Å²) in [7, 11) is 0. The van der Waals surface area contributed by atoms with Crippen molar-refractivity contribution in [1.29, 1.82) is 0 Å². The molecule has 4 heteroatoms. The number of rotatable bonds is 2. The number of fused-ring (bicyclic) bond motifs is 1. The molecule has 0 saturated heterocycles. The van der Waals surface area contributed by atoms with Gasteiger partial charge >= 0.3 is 0 Å². The number of benzene rings is 1. The number of carboxylic acids is 1. The molecular weight excluding hydrogens is 264 g/mol. The van der Waals surface area contributed by atoms with E-state index in [2.05, 4.69) is 9.97 Å². The number of nitrogens with zero attached hydrogens (tertiary/aromatic N) is 2. The van der Waals surface area contributed by atoms with Gasteiger partial charge in [-0.15, -0.1) is 0 Å². The van der Waals surface area contributed by atoms with Gasteiger partial charge in [-0.3, -0.25) is 4.98 Å². The highest BCUT2D eigenvalue weighted by atomic mass is 16.4. The van der Waals surface area contributed by atoms with E-state index < -0.39 is 5.97 Å². The fourth-order valence-corrected chi connectivity index (χ4v) is 2.36. The monoisotopic (exact) mass is 277 g/mol. The number of aromatic nitrogens is 2. The van der Waals surface area contributed by atoms with Gasteiger partial charge in [-0.2, -0.15) is 0 Å². The molecule has 0 unspecified atom stereocenters. The highest BCUT2D eigenvalue weighted by Gasteiger charge is 2.11. The van der Waals surface area contributed by atoms with Crippen molar-refractivity contribution in [1.82, 2.24) is 9.97 Å². The lowest BCUT2D eigenvalue weighted by Gasteiger charge is -2.13. The van der Waals surface area contributed by atoms with E-state index in [-0.39, 0.29) is 5.56 Å². The van der Waals surface area contributed by atoms with Crippen LogP contribution in [0.5, 0.6) is 0 Å². The summed E-state index contributed by atoms with van der Waals surface area (Å²) < 4.78 is 0. The van der Waals surface area contributed by atoms with Crippen molar-refractivity contribution in [3.05, 3.63) is 59.4 Å². The Hall–Kier alpha value is -2.75. The summed E-state index contributed by atoms with van der Waals surface area (Å²) in [5, 5.41) is 12.0. The van der Waals surface area contributed by atoms with Crippen LogP contribution in [0.25, 0.3) is 22.2 Å². The molecule has 0 radical (unpaired) electrons. The molecule has 0 aliphatic carbocycles. The van der Waals surface area contributed by atoms with Gasteiger partial charge in [0.2, 0.25) is 0 Å². The minimum absolute atomic E-state index is 0.155. The van der Waals surface area contributed by atoms with E-state index in [1.165, 1.54) is 0 Å². The molecule has 0 saturated carbocycles. The fraction of sp³-hybridized carbons (Fsp3) is 0.118. The number of carboxylic acid groups (broad SMARTS) is 1. The Labute approximate surface area is 122 Å². The van der Waals surface area contributed by atoms with Gasteiger partial charge in [0.05, 0.1) is 17.2 Å². The zero-order valence-electron chi connectivity index (χ0n) is 11.8. The van der Waals surface area contributed by atoms with Gasteiger partial charge in [0, 0.05) is 28.9 Å². The average Bonchev–Trinajstić information content (AvgIpc) is 2.51. The van der Waals surface area contributed by atoms with Crippen molar-refractivity contribution in [2.75, 3.05) is 0 Å². The Bertz CT molecular complexity index is 842. The van der Waals surface area contributed by atoms with Crippen molar-refractivity contribution in [2.45, 2.75) is 13.8 Å². The van der Waals surface area contributed by atoms with Gasteiger partial charge in [-0.1, -0.05) is 12.1 Å². The van der Waals surface area contributed by atoms with Crippen LogP contribution in [0.15, 0.2) is 42.7 Å². The number of aryl methyl sites for hydroxylation is 2. The number of hydrogen-bond acceptors (Lipinski definition) is 4. The molecule has 0 spiro atoms. The van der Waals surface area contributed by atoms with Gasteiger partial charge in [-0.05, 0) is 43.2 Å². The Morgan fingerprint density at radius 2 is 2.00 bits per heavy atom. The topological polar surface area (TPSA) is 65.9 Å². The molecule has 3 aromatic rings. The molecule has 21 heavy (non-hydrogen) atoms. The van der Waals surface area contributed by atoms with E-state index in [9.17, 15) is 9.90 Å². The van der Waals surface area contributed by atoms with Crippen LogP contribution in [0, 0.1) is 13.8 Å². The second-order valence-corrected chi connectivity index (χ2v) is 4.99. The molecule has 3 rings (SSSR count). The lowest BCUT2D eigenvalue weighted by molar-refractivity contribution is -0.254. The Kier molecular flexibility index (Phi) is 3.14. The van der Waals surface area contributed by atoms with Crippen LogP contribution in [0.1, 0.15) is 21.5 Å². The summed E-state index contributed by atoms with van der Waals surface area (Å²) >= 11 is 0. The molecule has 0 bridgehead atoms. The predicted molar refractivity (Wildman–Crippen MR) is 78.8 cm³/mol. The van der Waals surface area contributed by atoms with Crippen LogP contribution in [0.2, 0.25) is 0 Å². The number of hydrogen-bond donors (Lipinski definition) is 0. The van der Waals surface area contributed by atoms with Crippen LogP contribution in [-0.4, -0.2) is 15.9 Å². The minimum atomic E-state index is -1.20. The van der Waals surface area contributed by atoms with Crippen LogP contribution in [0.4, 0.5) is 0 Å². The molecule has 0 N–H and O–H groups in total. The Morgan fingerprint density at radius 3 is 2.67 bits per heavy atom. The van der Waals surface area contributed by atoms with Gasteiger partial charge in [0.15, 0.2) is 0 Å². The summed E-state index contributed by atoms with van der Waals surface area (Å²) in [6, 6.07) is 8.87. The second kappa shape index (κ2) is 4.98. The highest BCUT2D eigenvalue weighted by Crippen LogP contribution is 2.27. The number of pyridine rings is 2. The fourth-order valence-electron chi connectivity index (χ4n) is 2.36. The van der Waals surface area contributed by atoms with E-state index >= 15 is 0 Å². The molecule has 0 atom stereocenters. The number of carbonyl (C=O) groups is 1. The molecule has 0 aliphatic rings. The van der Waals surface area contributed by atoms with Gasteiger partial charge in [0.25, 0.3) is 0 Å². The lowest BCUT2D eigenvalue weighted by Crippen LogP contribution is -2.23. The quantitative estimate of drug-likeness (QED) is 0.720. The lowest BCUT2D eigenvalue weighted by atomic mass is 10.00. The first-order valence-electron chi connectivity index (χ1n) is 6.60. The number of aromatic carboxylic acids is 1. The summed E-state index contributed by atoms with van der Waals surface area (Å²) in [4.78, 5) is 20.1. The van der Waals surface area contributed by atoms with E-state index in [0.717, 1.165) is 16.7 Å². The SMILES string of the molecule is Cc1ccc2c(C(=O)[O-])cc(-c3cccnc3)nc2c1C. The largest absolute Gasteiger partial charge is 0.545 e. The summed E-state index contributed by atoms with van der Waals surface area (Å²) in [5.41, 5.74) is 4.26. The van der Waals surface area contributed by atoms with Crippen LogP contribution in [-0.2, 0) is 0 Å². The minimum Gasteiger partial charge on any atom is -0.545 e. The maximum absolute atomic E-state index is 11.4. The summed E-state index contributed by atoms with van der Waals surface area (Å²) in [6.07, 6.45) is 3.33. The normalized spacial score (nSPS) is 10.8. The van der Waals surface area contributed by atoms with Crippen LogP contribution < -0.4 is 5.11 Å². The first kappa shape index (κ1) is 13.2. The molecule has 4 nitrogen and oxygen atoms in total. The van der Waals surface area contributed by atoms with E-state index in [4.69, 9.17) is 0 Å². The number of carbonyl (C=O) groups excluding carboxylic acids is 1. The third-order valence-corrected chi connectivity index (χ3v) is 3.68. The van der Waals surface area contributed by atoms with Crippen molar-refractivity contribution in [3.8, 4) is 11.3 Å². The first-order valence-corrected chi connectivity index (χ1v) is 6.60.